The molecule has 0 spiro atoms. The van der Waals surface area contributed by atoms with Crippen LogP contribution in [0.15, 0.2) is 159 Å². The molecule has 12 rings (SSSR count). The van der Waals surface area contributed by atoms with Gasteiger partial charge in [-0.1, -0.05) is 42.0 Å². The summed E-state index contributed by atoms with van der Waals surface area (Å²) in [6.45, 7) is 8.28. The number of benzene rings is 6. The smallest absolute Gasteiger partial charge is 0.504 e. The minimum Gasteiger partial charge on any atom is -0.504 e. The Morgan fingerprint density at radius 3 is 1.42 bits per heavy atom. The second kappa shape index (κ2) is 31.7. The molecule has 3 aliphatic rings. The van der Waals surface area contributed by atoms with E-state index in [0.29, 0.717) is 90.8 Å². The number of aromatic hydroxyl groups is 3. The molecule has 0 fully saturated rings. The van der Waals surface area contributed by atoms with E-state index in [0.717, 1.165) is 62.9 Å². The molecule has 103 heavy (non-hydrogen) atoms. The minimum absolute atomic E-state index is 0.0330. The average Bonchev–Trinajstić information content (AvgIpc) is 1.58. The van der Waals surface area contributed by atoms with Gasteiger partial charge in [0.25, 0.3) is 0 Å². The molecule has 0 saturated heterocycles. The van der Waals surface area contributed by atoms with Crippen LogP contribution >= 0.6 is 11.3 Å². The van der Waals surface area contributed by atoms with E-state index in [1.54, 1.807) is 49.7 Å². The fourth-order valence-corrected chi connectivity index (χ4v) is 12.2. The molecule has 0 unspecified atom stereocenters. The molecule has 0 aliphatic heterocycles. The fourth-order valence-electron chi connectivity index (χ4n) is 11.7. The highest BCUT2D eigenvalue weighted by molar-refractivity contribution is 7.07. The van der Waals surface area contributed by atoms with Crippen molar-refractivity contribution < 1.29 is 97.3 Å². The third kappa shape index (κ3) is 18.2. The van der Waals surface area contributed by atoms with Gasteiger partial charge in [-0.15, -0.1) is 37.7 Å². The van der Waals surface area contributed by atoms with Gasteiger partial charge in [-0.05, 0) is 207 Å². The van der Waals surface area contributed by atoms with E-state index in [9.17, 15) is 64.8 Å². The van der Waals surface area contributed by atoms with Crippen LogP contribution in [0.25, 0.3) is 51.7 Å². The van der Waals surface area contributed by atoms with E-state index in [1.165, 1.54) is 100 Å². The first-order valence-corrected chi connectivity index (χ1v) is 32.1. The van der Waals surface area contributed by atoms with Crippen LogP contribution in [-0.2, 0) is 34.0 Å². The van der Waals surface area contributed by atoms with E-state index in [2.05, 4.69) is 58.6 Å². The Bertz CT molecular complexity index is 4860. The SMILES string of the molecule is CC1=C(CC(=O)NCc2cocn2)c2cc(F)ccc2/C1=C\c1ccc(O)c(OC(F)(F)F)c1.COc1cc(/C=C2/C(C)=C(CC(=O)NCc3cnco3)c3cc(F)ccc32)cc(OC(F)(F)F)c1O.COc1cc(/C=C2/C(C)=C(CC(=O)NCc3cscn3)c3cc(C)ccc32)cc(OC)c1O. The van der Waals surface area contributed by atoms with Crippen LogP contribution in [0.4, 0.5) is 35.1 Å². The number of methoxy groups -OCH3 is 3. The molecule has 6 aromatic carbocycles. The van der Waals surface area contributed by atoms with Crippen molar-refractivity contribution in [1.29, 1.82) is 0 Å². The molecular weight excluding hydrogens is 1380 g/mol. The molecule has 3 aromatic heterocycles. The van der Waals surface area contributed by atoms with Crippen molar-refractivity contribution >= 4 is 80.7 Å². The van der Waals surface area contributed by atoms with Crippen molar-refractivity contribution in [2.45, 2.75) is 79.3 Å². The van der Waals surface area contributed by atoms with E-state index < -0.39 is 47.4 Å². The maximum atomic E-state index is 14.1. The van der Waals surface area contributed by atoms with Crippen molar-refractivity contribution in [3.63, 3.8) is 0 Å². The second-order valence-electron chi connectivity index (χ2n) is 23.4. The predicted octanol–water partition coefficient (Wildman–Crippen LogP) is 16.1. The number of nitrogens with zero attached hydrogens (tertiary/aromatic N) is 3. The number of phenols is 3. The minimum atomic E-state index is -5.03. The number of halogens is 8. The summed E-state index contributed by atoms with van der Waals surface area (Å²) in [5.41, 5.74) is 16.8. The first-order chi connectivity index (χ1) is 49.1. The number of carbonyl (C=O) groups excluding carboxylic acids is 3. The monoisotopic (exact) mass is 1440 g/mol. The Morgan fingerprint density at radius 1 is 0.515 bits per heavy atom. The van der Waals surface area contributed by atoms with Crippen LogP contribution in [0, 0.1) is 18.6 Å². The van der Waals surface area contributed by atoms with E-state index in [4.69, 9.17) is 23.0 Å². The molecule has 534 valence electrons. The summed E-state index contributed by atoms with van der Waals surface area (Å²) in [7, 11) is 4.21. The number of amides is 3. The molecule has 3 aliphatic carbocycles. The van der Waals surface area contributed by atoms with Gasteiger partial charge in [-0.3, -0.25) is 14.4 Å². The third-order valence-electron chi connectivity index (χ3n) is 16.6. The lowest BCUT2D eigenvalue weighted by atomic mass is 9.98. The molecule has 0 atom stereocenters. The van der Waals surface area contributed by atoms with Crippen molar-refractivity contribution in [1.82, 2.24) is 30.9 Å². The van der Waals surface area contributed by atoms with Gasteiger partial charge >= 0.3 is 12.7 Å². The predicted molar refractivity (Wildman–Crippen MR) is 367 cm³/mol. The maximum absolute atomic E-state index is 14.1. The summed E-state index contributed by atoms with van der Waals surface area (Å²) in [5, 5.41) is 40.3. The lowest BCUT2D eigenvalue weighted by Crippen LogP contribution is -2.22. The van der Waals surface area contributed by atoms with E-state index in [1.807, 2.05) is 25.3 Å². The molecular formula is C75H64F8N6O13S. The Labute approximate surface area is 587 Å². The maximum Gasteiger partial charge on any atom is 0.573 e. The molecule has 0 bridgehead atoms. The summed E-state index contributed by atoms with van der Waals surface area (Å²) >= 11 is 1.51. The topological polar surface area (TPSA) is 259 Å². The Kier molecular flexibility index (Phi) is 22.7. The zero-order chi connectivity index (χ0) is 74.0. The summed E-state index contributed by atoms with van der Waals surface area (Å²) in [6, 6.07) is 24.0. The van der Waals surface area contributed by atoms with Crippen LogP contribution in [-0.4, -0.2) is 82.0 Å². The molecule has 0 radical (unpaired) electrons. The van der Waals surface area contributed by atoms with E-state index in [-0.39, 0.29) is 67.1 Å². The third-order valence-corrected chi connectivity index (χ3v) is 17.2. The molecule has 3 heterocycles. The number of hydrogen-bond acceptors (Lipinski definition) is 17. The van der Waals surface area contributed by atoms with Crippen LogP contribution in [0.3, 0.4) is 0 Å². The van der Waals surface area contributed by atoms with E-state index >= 15 is 0 Å². The molecule has 3 amide bonds. The summed E-state index contributed by atoms with van der Waals surface area (Å²) in [4.78, 5) is 49.8. The highest BCUT2D eigenvalue weighted by Crippen LogP contribution is 2.49. The van der Waals surface area contributed by atoms with Gasteiger partial charge in [0, 0.05) is 5.38 Å². The molecule has 0 saturated carbocycles. The van der Waals surface area contributed by atoms with Crippen LogP contribution in [0.5, 0.6) is 46.0 Å². The first-order valence-electron chi connectivity index (χ1n) is 31.2. The average molecular weight is 1440 g/mol. The number of nitrogens with one attached hydrogen (secondary N) is 3. The molecule has 9 aromatic rings. The normalized spacial score (nSPS) is 14.2. The van der Waals surface area contributed by atoms with Gasteiger partial charge < -0.3 is 63.8 Å². The second-order valence-corrected chi connectivity index (χ2v) is 24.1. The number of oxazole rings is 2. The number of thiazole rings is 1. The van der Waals surface area contributed by atoms with Crippen LogP contribution in [0.2, 0.25) is 0 Å². The summed E-state index contributed by atoms with van der Waals surface area (Å²) in [6.07, 6.45) is 0.697. The number of aryl methyl sites for hydroxylation is 1. The fraction of sp³-hybridized carbons (Fsp3) is 0.200. The molecule has 28 heteroatoms. The number of carbonyl (C=O) groups is 3. The van der Waals surface area contributed by atoms with Crippen LogP contribution < -0.4 is 39.6 Å². The Morgan fingerprint density at radius 2 is 0.961 bits per heavy atom. The van der Waals surface area contributed by atoms with Gasteiger partial charge in [0.05, 0.1) is 83.3 Å². The van der Waals surface area contributed by atoms with Gasteiger partial charge in [-0.25, -0.2) is 23.7 Å². The van der Waals surface area contributed by atoms with Gasteiger partial charge in [-0.2, -0.15) is 0 Å². The quantitative estimate of drug-likeness (QED) is 0.0388. The van der Waals surface area contributed by atoms with Crippen molar-refractivity contribution in [3.8, 4) is 46.0 Å². The zero-order valence-corrected chi connectivity index (χ0v) is 56.7. The summed E-state index contributed by atoms with van der Waals surface area (Å²) < 4.78 is 138. The number of phenolic OH excluding ortho intramolecular Hbond substituents is 3. The number of allylic oxidation sites excluding steroid dienone is 6. The summed E-state index contributed by atoms with van der Waals surface area (Å²) in [5.74, 6) is -3.86. The first kappa shape index (κ1) is 73.8. The zero-order valence-electron chi connectivity index (χ0n) is 55.9. The molecule has 6 N–H and O–H groups in total. The lowest BCUT2D eigenvalue weighted by molar-refractivity contribution is -0.276. The number of alkyl halides is 6. The highest BCUT2D eigenvalue weighted by atomic mass is 32.1. The number of aromatic nitrogens is 3. The van der Waals surface area contributed by atoms with Crippen LogP contribution in [0.1, 0.15) is 113 Å². The van der Waals surface area contributed by atoms with Crippen molar-refractivity contribution in [2.75, 3.05) is 21.3 Å². The van der Waals surface area contributed by atoms with Gasteiger partial charge in [0.2, 0.25) is 29.2 Å². The largest absolute Gasteiger partial charge is 0.573 e. The Balaban J connectivity index is 0.000000166. The van der Waals surface area contributed by atoms with Gasteiger partial charge in [0.15, 0.2) is 47.3 Å². The standard InChI is InChI=1S/C26H26N2O4S.C25H20F4N2O5.C24H18F4N2O4/c1-15-5-6-19-20(8-17-9-23(31-3)26(30)24(10-17)32-4)16(2)21(22(19)7-15)11-25(29)27-12-18-13-33-14-28-18;1-13-18(5-14-6-21(34-2)24(33)22(7-14)36-25(27,28)29)17-4-3-15(26)8-20(17)19(13)9-23(32)31-11-16-10-30-12-35-16;1-13-18(6-14-2-5-21(31)22(7-14)34-24(26,27)28)17-4-3-15(25)8-20(17)19(13)9-23(32)29-10-16-11-33-12-30-16/h5-10,13-14,30H,11-12H2,1-4H3,(H,27,29);3-8,10,12,33H,9,11H2,1-2H3,(H,31,32);2-8,11-12,31H,9-10H2,1H3,(H,29,32)/b20-8-;18-5-;18-6-. The Hall–Kier alpha value is -11.9. The number of hydrogen-bond donors (Lipinski definition) is 6. The molecule has 19 nitrogen and oxygen atoms in total. The van der Waals surface area contributed by atoms with Gasteiger partial charge in [0.1, 0.15) is 23.7 Å². The highest BCUT2D eigenvalue weighted by Gasteiger charge is 2.35. The lowest BCUT2D eigenvalue weighted by Gasteiger charge is -2.14. The number of fused-ring (bicyclic) bond motifs is 3. The van der Waals surface area contributed by atoms with Crippen molar-refractivity contribution in [2.24, 2.45) is 0 Å². The van der Waals surface area contributed by atoms with Crippen molar-refractivity contribution in [3.05, 3.63) is 234 Å². The number of ether oxygens (including phenoxy) is 5. The number of rotatable bonds is 20.